The highest BCUT2D eigenvalue weighted by molar-refractivity contribution is 5.11. The van der Waals surface area contributed by atoms with Gasteiger partial charge in [0.1, 0.15) is 6.61 Å². The van der Waals surface area contributed by atoms with E-state index in [0.29, 0.717) is 6.61 Å². The summed E-state index contributed by atoms with van der Waals surface area (Å²) in [6, 6.07) is 4.10. The van der Waals surface area contributed by atoms with Gasteiger partial charge >= 0.3 is 0 Å². The number of hydroxylamine groups is 2. The van der Waals surface area contributed by atoms with Crippen LogP contribution in [0.3, 0.4) is 0 Å². The average Bonchev–Trinajstić information content (AvgIpc) is 2.30. The van der Waals surface area contributed by atoms with Gasteiger partial charge in [0.25, 0.3) is 0 Å². The van der Waals surface area contributed by atoms with Crippen LogP contribution in [-0.4, -0.2) is 23.1 Å². The largest absolute Gasteiger partial charge is 0.293 e. The Morgan fingerprint density at radius 1 is 1.27 bits per heavy atom. The highest BCUT2D eigenvalue weighted by Crippen LogP contribution is 2.10. The number of rotatable bonds is 3. The molecular formula is C12H18N2O. The lowest BCUT2D eigenvalue weighted by Gasteiger charge is -2.25. The van der Waals surface area contributed by atoms with E-state index < -0.39 is 0 Å². The van der Waals surface area contributed by atoms with Gasteiger partial charge in [-0.25, -0.2) is 0 Å². The molecule has 0 atom stereocenters. The Kier molecular flexibility index (Phi) is 3.69. The molecule has 1 saturated heterocycles. The van der Waals surface area contributed by atoms with Gasteiger partial charge in [-0.2, -0.15) is 5.06 Å². The van der Waals surface area contributed by atoms with E-state index >= 15 is 0 Å². The number of aromatic nitrogens is 1. The van der Waals surface area contributed by atoms with Crippen molar-refractivity contribution < 1.29 is 4.84 Å². The van der Waals surface area contributed by atoms with E-state index in [0.717, 1.165) is 18.8 Å². The second kappa shape index (κ2) is 5.24. The zero-order chi connectivity index (χ0) is 10.5. The van der Waals surface area contributed by atoms with Gasteiger partial charge in [0.05, 0.1) is 5.69 Å². The predicted octanol–water partition coefficient (Wildman–Crippen LogP) is 2.31. The first kappa shape index (κ1) is 10.6. The predicted molar refractivity (Wildman–Crippen MR) is 59.2 cm³/mol. The minimum atomic E-state index is 0.598. The van der Waals surface area contributed by atoms with Crippen molar-refractivity contribution in [1.82, 2.24) is 10.0 Å². The maximum atomic E-state index is 5.68. The number of hydrogen-bond acceptors (Lipinski definition) is 3. The molecule has 0 bridgehead atoms. The minimum absolute atomic E-state index is 0.598. The van der Waals surface area contributed by atoms with E-state index in [1.807, 2.05) is 19.2 Å². The molecule has 0 radical (unpaired) electrons. The maximum absolute atomic E-state index is 5.68. The summed E-state index contributed by atoms with van der Waals surface area (Å²) in [7, 11) is 0. The number of piperidine rings is 1. The second-order valence-corrected chi connectivity index (χ2v) is 4.09. The van der Waals surface area contributed by atoms with Crippen LogP contribution in [0.2, 0.25) is 0 Å². The molecule has 0 N–H and O–H groups in total. The van der Waals surface area contributed by atoms with Crippen molar-refractivity contribution in [2.75, 3.05) is 13.1 Å². The molecule has 0 amide bonds. The lowest BCUT2D eigenvalue weighted by atomic mass is 10.2. The summed E-state index contributed by atoms with van der Waals surface area (Å²) in [6.07, 6.45) is 5.72. The first-order valence-corrected chi connectivity index (χ1v) is 5.64. The third kappa shape index (κ3) is 3.29. The van der Waals surface area contributed by atoms with Crippen LogP contribution in [0.5, 0.6) is 0 Å². The second-order valence-electron chi connectivity index (χ2n) is 4.09. The molecule has 2 heterocycles. The van der Waals surface area contributed by atoms with Crippen LogP contribution in [0.25, 0.3) is 0 Å². The number of nitrogens with zero attached hydrogens (tertiary/aromatic N) is 2. The third-order valence-corrected chi connectivity index (χ3v) is 2.68. The van der Waals surface area contributed by atoms with E-state index in [1.54, 1.807) is 0 Å². The molecule has 82 valence electrons. The Morgan fingerprint density at radius 3 is 2.73 bits per heavy atom. The Morgan fingerprint density at radius 2 is 2.07 bits per heavy atom. The van der Waals surface area contributed by atoms with Crippen molar-refractivity contribution in [3.63, 3.8) is 0 Å². The summed E-state index contributed by atoms with van der Waals surface area (Å²) in [5.74, 6) is 0. The molecular weight excluding hydrogens is 188 g/mol. The summed E-state index contributed by atoms with van der Waals surface area (Å²) in [4.78, 5) is 9.99. The maximum Gasteiger partial charge on any atom is 0.111 e. The highest BCUT2D eigenvalue weighted by atomic mass is 16.7. The zero-order valence-corrected chi connectivity index (χ0v) is 9.28. The first-order chi connectivity index (χ1) is 7.34. The van der Waals surface area contributed by atoms with Gasteiger partial charge in [0.2, 0.25) is 0 Å². The number of aryl methyl sites for hydroxylation is 1. The molecule has 3 heteroatoms. The molecule has 15 heavy (non-hydrogen) atoms. The smallest absolute Gasteiger partial charge is 0.111 e. The van der Waals surface area contributed by atoms with Gasteiger partial charge in [0, 0.05) is 19.3 Å². The van der Waals surface area contributed by atoms with Gasteiger partial charge in [-0.05, 0) is 31.4 Å². The Bertz CT molecular complexity index is 291. The molecule has 0 saturated carbocycles. The summed E-state index contributed by atoms with van der Waals surface area (Å²) < 4.78 is 0. The molecule has 1 fully saturated rings. The van der Waals surface area contributed by atoms with Gasteiger partial charge in [-0.1, -0.05) is 12.5 Å². The van der Waals surface area contributed by atoms with Crippen molar-refractivity contribution >= 4 is 0 Å². The van der Waals surface area contributed by atoms with Gasteiger partial charge < -0.3 is 0 Å². The Balaban J connectivity index is 1.79. The summed E-state index contributed by atoms with van der Waals surface area (Å²) in [6.45, 7) is 4.76. The van der Waals surface area contributed by atoms with Crippen LogP contribution >= 0.6 is 0 Å². The summed E-state index contributed by atoms with van der Waals surface area (Å²) in [5.41, 5.74) is 2.20. The zero-order valence-electron chi connectivity index (χ0n) is 9.28. The first-order valence-electron chi connectivity index (χ1n) is 5.64. The van der Waals surface area contributed by atoms with E-state index in [9.17, 15) is 0 Å². The van der Waals surface area contributed by atoms with E-state index in [1.165, 1.54) is 24.8 Å². The minimum Gasteiger partial charge on any atom is -0.293 e. The van der Waals surface area contributed by atoms with Crippen molar-refractivity contribution in [3.05, 3.63) is 29.6 Å². The monoisotopic (exact) mass is 206 g/mol. The van der Waals surface area contributed by atoms with Crippen molar-refractivity contribution in [1.29, 1.82) is 0 Å². The van der Waals surface area contributed by atoms with Crippen LogP contribution in [0.1, 0.15) is 30.5 Å². The quantitative estimate of drug-likeness (QED) is 0.758. The van der Waals surface area contributed by atoms with Crippen LogP contribution in [0, 0.1) is 6.92 Å². The van der Waals surface area contributed by atoms with E-state index in [4.69, 9.17) is 4.84 Å². The molecule has 1 aliphatic heterocycles. The van der Waals surface area contributed by atoms with E-state index in [2.05, 4.69) is 16.1 Å². The number of hydrogen-bond donors (Lipinski definition) is 0. The van der Waals surface area contributed by atoms with Gasteiger partial charge in [0.15, 0.2) is 0 Å². The molecule has 0 aliphatic carbocycles. The van der Waals surface area contributed by atoms with Crippen LogP contribution in [0.15, 0.2) is 18.3 Å². The third-order valence-electron chi connectivity index (χ3n) is 2.68. The fraction of sp³-hybridized carbons (Fsp3) is 0.583. The normalized spacial score (nSPS) is 17.9. The molecule has 1 aromatic heterocycles. The summed E-state index contributed by atoms with van der Waals surface area (Å²) in [5, 5.41) is 2.06. The van der Waals surface area contributed by atoms with Crippen LogP contribution in [-0.2, 0) is 11.4 Å². The van der Waals surface area contributed by atoms with Gasteiger partial charge in [-0.15, -0.1) is 0 Å². The van der Waals surface area contributed by atoms with Crippen molar-refractivity contribution in [3.8, 4) is 0 Å². The molecule has 2 rings (SSSR count). The van der Waals surface area contributed by atoms with Crippen molar-refractivity contribution in [2.24, 2.45) is 0 Å². The lowest BCUT2D eigenvalue weighted by molar-refractivity contribution is -0.179. The van der Waals surface area contributed by atoms with Crippen LogP contribution < -0.4 is 0 Å². The molecule has 0 unspecified atom stereocenters. The molecule has 0 spiro atoms. The Labute approximate surface area is 91.0 Å². The fourth-order valence-electron chi connectivity index (χ4n) is 1.74. The highest BCUT2D eigenvalue weighted by Gasteiger charge is 2.10. The van der Waals surface area contributed by atoms with Crippen molar-refractivity contribution in [2.45, 2.75) is 32.8 Å². The lowest BCUT2D eigenvalue weighted by Crippen LogP contribution is -2.29. The average molecular weight is 206 g/mol. The van der Waals surface area contributed by atoms with Crippen LogP contribution in [0.4, 0.5) is 0 Å². The fourth-order valence-corrected chi connectivity index (χ4v) is 1.74. The molecule has 1 aliphatic rings. The molecule has 1 aromatic rings. The topological polar surface area (TPSA) is 25.4 Å². The Hall–Kier alpha value is -0.930. The standard InChI is InChI=1S/C12H18N2O/c1-11-5-6-12(13-9-11)10-15-14-7-3-2-4-8-14/h5-6,9H,2-4,7-8,10H2,1H3. The SMILES string of the molecule is Cc1ccc(CON2CCCCC2)nc1. The molecule has 0 aromatic carbocycles. The summed E-state index contributed by atoms with van der Waals surface area (Å²) >= 11 is 0. The molecule has 3 nitrogen and oxygen atoms in total. The van der Waals surface area contributed by atoms with E-state index in [-0.39, 0.29) is 0 Å². The number of pyridine rings is 1. The van der Waals surface area contributed by atoms with Gasteiger partial charge in [-0.3, -0.25) is 9.82 Å².